The normalized spacial score (nSPS) is 10.5. The first-order valence-electron chi connectivity index (χ1n) is 9.59. The molecule has 1 amide bonds. The molecule has 0 saturated carbocycles. The Labute approximate surface area is 173 Å². The molecule has 2 heterocycles. The topological polar surface area (TPSA) is 76.9 Å². The second-order valence-corrected chi connectivity index (χ2v) is 6.75. The fourth-order valence-corrected chi connectivity index (χ4v) is 3.20. The molecule has 0 aliphatic carbocycles. The molecular formula is C24H20N4O2. The molecule has 0 aliphatic heterocycles. The summed E-state index contributed by atoms with van der Waals surface area (Å²) in [6.45, 7) is 0.210. The molecule has 4 rings (SSSR count). The van der Waals surface area contributed by atoms with Crippen LogP contribution in [-0.2, 0) is 17.9 Å². The third-order valence-corrected chi connectivity index (χ3v) is 4.71. The van der Waals surface area contributed by atoms with Gasteiger partial charge in [0.05, 0.1) is 5.69 Å². The lowest BCUT2D eigenvalue weighted by atomic mass is 10.0. The number of amides is 1. The zero-order chi connectivity index (χ0) is 20.8. The van der Waals surface area contributed by atoms with Crippen molar-refractivity contribution in [3.05, 3.63) is 107 Å². The highest BCUT2D eigenvalue weighted by Gasteiger charge is 2.10. The van der Waals surface area contributed by atoms with Gasteiger partial charge in [0.15, 0.2) is 0 Å². The second kappa shape index (κ2) is 8.96. The monoisotopic (exact) mass is 396 g/mol. The van der Waals surface area contributed by atoms with Crippen molar-refractivity contribution in [2.24, 2.45) is 0 Å². The van der Waals surface area contributed by atoms with Gasteiger partial charge in [-0.25, -0.2) is 4.68 Å². The van der Waals surface area contributed by atoms with Crippen molar-refractivity contribution in [3.63, 3.8) is 0 Å². The number of carbonyl (C=O) groups is 1. The number of nitrogens with zero attached hydrogens (tertiary/aromatic N) is 3. The largest absolute Gasteiger partial charge is 0.350 e. The highest BCUT2D eigenvalue weighted by molar-refractivity contribution is 5.76. The molecule has 30 heavy (non-hydrogen) atoms. The molecule has 0 atom stereocenters. The molecule has 6 heteroatoms. The Bertz CT molecular complexity index is 1200. The fraction of sp³-hybridized carbons (Fsp3) is 0.0833. The SMILES string of the molecule is O=C(Cn1nc(-c2ccccc2)ccc1=O)NCc1ccccc1-c1ccncc1. The molecule has 6 nitrogen and oxygen atoms in total. The van der Waals surface area contributed by atoms with Gasteiger partial charge in [-0.3, -0.25) is 14.6 Å². The van der Waals surface area contributed by atoms with Crippen molar-refractivity contribution in [3.8, 4) is 22.4 Å². The average molecular weight is 396 g/mol. The Hall–Kier alpha value is -4.06. The third-order valence-electron chi connectivity index (χ3n) is 4.71. The summed E-state index contributed by atoms with van der Waals surface area (Å²) in [7, 11) is 0. The van der Waals surface area contributed by atoms with Crippen LogP contribution in [0.4, 0.5) is 0 Å². The second-order valence-electron chi connectivity index (χ2n) is 6.75. The maximum Gasteiger partial charge on any atom is 0.267 e. The molecule has 2 aromatic carbocycles. The van der Waals surface area contributed by atoms with Crippen molar-refractivity contribution in [1.29, 1.82) is 0 Å². The minimum absolute atomic E-state index is 0.142. The summed E-state index contributed by atoms with van der Waals surface area (Å²) < 4.78 is 1.19. The Balaban J connectivity index is 1.47. The van der Waals surface area contributed by atoms with Crippen LogP contribution in [0.2, 0.25) is 0 Å². The number of hydrogen-bond donors (Lipinski definition) is 1. The highest BCUT2D eigenvalue weighted by Crippen LogP contribution is 2.22. The minimum Gasteiger partial charge on any atom is -0.350 e. The molecule has 2 aromatic heterocycles. The van der Waals surface area contributed by atoms with Crippen LogP contribution in [-0.4, -0.2) is 20.7 Å². The highest BCUT2D eigenvalue weighted by atomic mass is 16.2. The van der Waals surface area contributed by atoms with E-state index in [9.17, 15) is 9.59 Å². The lowest BCUT2D eigenvalue weighted by molar-refractivity contribution is -0.122. The number of carbonyl (C=O) groups excluding carboxylic acids is 1. The van der Waals surface area contributed by atoms with Gasteiger partial charge in [0.1, 0.15) is 6.54 Å². The van der Waals surface area contributed by atoms with Crippen molar-refractivity contribution < 1.29 is 4.79 Å². The number of aromatic nitrogens is 3. The lowest BCUT2D eigenvalue weighted by Gasteiger charge is -2.12. The van der Waals surface area contributed by atoms with E-state index in [2.05, 4.69) is 15.4 Å². The molecule has 0 aliphatic rings. The van der Waals surface area contributed by atoms with E-state index in [0.29, 0.717) is 12.2 Å². The zero-order valence-corrected chi connectivity index (χ0v) is 16.2. The van der Waals surface area contributed by atoms with Crippen LogP contribution < -0.4 is 10.9 Å². The summed E-state index contributed by atoms with van der Waals surface area (Å²) in [5, 5.41) is 7.23. The van der Waals surface area contributed by atoms with Gasteiger partial charge in [-0.15, -0.1) is 0 Å². The number of benzene rings is 2. The molecule has 0 fully saturated rings. The smallest absolute Gasteiger partial charge is 0.267 e. The predicted octanol–water partition coefficient (Wildman–Crippen LogP) is 3.29. The molecule has 0 spiro atoms. The molecule has 1 N–H and O–H groups in total. The summed E-state index contributed by atoms with van der Waals surface area (Å²) in [4.78, 5) is 28.7. The van der Waals surface area contributed by atoms with Gasteiger partial charge in [-0.2, -0.15) is 5.10 Å². The molecule has 0 bridgehead atoms. The van der Waals surface area contributed by atoms with Crippen molar-refractivity contribution >= 4 is 5.91 Å². The van der Waals surface area contributed by atoms with Gasteiger partial charge in [-0.05, 0) is 34.9 Å². The first kappa shape index (κ1) is 19.3. The Morgan fingerprint density at radius 3 is 2.37 bits per heavy atom. The summed E-state index contributed by atoms with van der Waals surface area (Å²) in [6.07, 6.45) is 3.48. The molecule has 148 valence electrons. The zero-order valence-electron chi connectivity index (χ0n) is 16.2. The number of rotatable bonds is 6. The van der Waals surface area contributed by atoms with E-state index in [1.807, 2.05) is 66.7 Å². The van der Waals surface area contributed by atoms with Gasteiger partial charge in [0, 0.05) is 30.6 Å². The maximum atomic E-state index is 12.5. The van der Waals surface area contributed by atoms with Crippen molar-refractivity contribution in [2.45, 2.75) is 13.1 Å². The predicted molar refractivity (Wildman–Crippen MR) is 115 cm³/mol. The molecule has 0 saturated heterocycles. The van der Waals surface area contributed by atoms with E-state index in [-0.39, 0.29) is 18.0 Å². The summed E-state index contributed by atoms with van der Waals surface area (Å²) in [5.74, 6) is -0.278. The third kappa shape index (κ3) is 4.50. The van der Waals surface area contributed by atoms with E-state index in [0.717, 1.165) is 22.3 Å². The standard InChI is InChI=1S/C24H20N4O2/c29-23(17-28-24(30)11-10-22(27-28)19-6-2-1-3-7-19)26-16-20-8-4-5-9-21(20)18-12-14-25-15-13-18/h1-15H,16-17H2,(H,26,29). The van der Waals surface area contributed by atoms with Crippen LogP contribution in [0, 0.1) is 0 Å². The lowest BCUT2D eigenvalue weighted by Crippen LogP contribution is -2.33. The quantitative estimate of drug-likeness (QED) is 0.543. The molecule has 4 aromatic rings. The number of nitrogens with one attached hydrogen (secondary N) is 1. The number of hydrogen-bond acceptors (Lipinski definition) is 4. The van der Waals surface area contributed by atoms with E-state index in [1.54, 1.807) is 18.5 Å². The Morgan fingerprint density at radius 2 is 1.57 bits per heavy atom. The maximum absolute atomic E-state index is 12.5. The van der Waals surface area contributed by atoms with Gasteiger partial charge < -0.3 is 5.32 Å². The molecule has 0 radical (unpaired) electrons. The van der Waals surface area contributed by atoms with E-state index in [1.165, 1.54) is 10.7 Å². The van der Waals surface area contributed by atoms with Gasteiger partial charge in [-0.1, -0.05) is 54.6 Å². The van der Waals surface area contributed by atoms with E-state index in [4.69, 9.17) is 0 Å². The first-order valence-corrected chi connectivity index (χ1v) is 9.59. The molecule has 0 unspecified atom stereocenters. The summed E-state index contributed by atoms with van der Waals surface area (Å²) in [5.41, 5.74) is 4.26. The van der Waals surface area contributed by atoms with Crippen LogP contribution in [0.15, 0.2) is 96.1 Å². The first-order chi connectivity index (χ1) is 14.7. The van der Waals surface area contributed by atoms with Crippen LogP contribution in [0.25, 0.3) is 22.4 Å². The minimum atomic E-state index is -0.318. The van der Waals surface area contributed by atoms with E-state index >= 15 is 0 Å². The van der Waals surface area contributed by atoms with Gasteiger partial charge >= 0.3 is 0 Å². The van der Waals surface area contributed by atoms with E-state index < -0.39 is 0 Å². The van der Waals surface area contributed by atoms with Crippen molar-refractivity contribution in [1.82, 2.24) is 20.1 Å². The van der Waals surface area contributed by atoms with Gasteiger partial charge in [0.25, 0.3) is 5.56 Å². The van der Waals surface area contributed by atoms with Gasteiger partial charge in [0.2, 0.25) is 5.91 Å². The summed E-state index contributed by atoms with van der Waals surface area (Å²) in [6, 6.07) is 24.4. The van der Waals surface area contributed by atoms with Crippen molar-refractivity contribution in [2.75, 3.05) is 0 Å². The Morgan fingerprint density at radius 1 is 0.833 bits per heavy atom. The number of pyridine rings is 1. The average Bonchev–Trinajstić information content (AvgIpc) is 2.80. The molecular weight excluding hydrogens is 376 g/mol. The fourth-order valence-electron chi connectivity index (χ4n) is 3.20. The van der Waals surface area contributed by atoms with Crippen LogP contribution in [0.5, 0.6) is 0 Å². The summed E-state index contributed by atoms with van der Waals surface area (Å²) >= 11 is 0. The van der Waals surface area contributed by atoms with Crippen LogP contribution in [0.3, 0.4) is 0 Å². The van der Waals surface area contributed by atoms with Crippen LogP contribution in [0.1, 0.15) is 5.56 Å². The van der Waals surface area contributed by atoms with Crippen LogP contribution >= 0.6 is 0 Å². The Kier molecular flexibility index (Phi) is 5.75.